The highest BCUT2D eigenvalue weighted by Crippen LogP contribution is 2.37. The summed E-state index contributed by atoms with van der Waals surface area (Å²) in [6, 6.07) is 47.1. The average Bonchev–Trinajstić information content (AvgIpc) is 1.59. The normalized spacial score (nSPS) is 20.2. The number of esters is 1. The van der Waals surface area contributed by atoms with Gasteiger partial charge in [-0.05, 0) is 191 Å². The Morgan fingerprint density at radius 1 is 0.303 bits per heavy atom. The quantitative estimate of drug-likeness (QED) is 0.0917. The number of anilines is 10. The molecule has 10 aliphatic heterocycles. The van der Waals surface area contributed by atoms with E-state index in [2.05, 4.69) is 78.8 Å². The number of pyridine rings is 1. The zero-order valence-electron chi connectivity index (χ0n) is 78.1. The van der Waals surface area contributed by atoms with E-state index in [-0.39, 0.29) is 125 Å². The number of hydrogen-bond acceptors (Lipinski definition) is 33. The highest BCUT2D eigenvalue weighted by atomic mass is 79.9. The van der Waals surface area contributed by atoms with E-state index < -0.39 is 78.1 Å². The SMILES string of the molecule is COC(=O)c1ccc2c(c1)NC(=O)[C@@H](N)CO2.Cc1ccc2c(c1)NC(=O)[C@@H](N)CO2.Cc1ccc2c(c1)OC[C@H](N)C(=O)N2.Cc1ccc2c(c1)OC[C@H](N)C(=O)N2.Cc1ccc2c(n1)OC[C@H](N)C(=O)N2.Cc1cccc2c1NC(=O)[C@@H](N)CO2.Cc1cccc2c1OC[C@H](N)C(=O)N2.N[C@H]1COc2ccc(Br)cc2NC1=O.N[C@H]1COc2cccc(F)c2NC1=O.N[C@H]1COc2ccccc2NC1=O. The number of nitrogens with two attached hydrogens (primary N) is 10. The predicted octanol–water partition coefficient (Wildman–Crippen LogP) is 5.38. The van der Waals surface area contributed by atoms with E-state index in [1.165, 1.54) is 25.3 Å². The van der Waals surface area contributed by atoms with Gasteiger partial charge in [0.15, 0.2) is 5.82 Å². The van der Waals surface area contributed by atoms with Crippen LogP contribution in [-0.2, 0) is 52.7 Å². The fraction of sp³-hybridized carbons (Fsp3) is 0.278. The third-order valence-corrected chi connectivity index (χ3v) is 21.6. The van der Waals surface area contributed by atoms with Crippen molar-refractivity contribution in [2.75, 3.05) is 126 Å². The van der Waals surface area contributed by atoms with E-state index in [0.717, 1.165) is 43.7 Å². The lowest BCUT2D eigenvalue weighted by Crippen LogP contribution is -2.38. The van der Waals surface area contributed by atoms with E-state index in [4.69, 9.17) is 105 Å². The fourth-order valence-electron chi connectivity index (χ4n) is 13.1. The van der Waals surface area contributed by atoms with Gasteiger partial charge in [-0.3, -0.25) is 47.9 Å². The number of amides is 10. The minimum Gasteiger partial charge on any atom is -0.489 e. The molecule has 750 valence electrons. The summed E-state index contributed by atoms with van der Waals surface area (Å²) in [4.78, 5) is 129. The van der Waals surface area contributed by atoms with Crippen molar-refractivity contribution in [1.82, 2.24) is 4.98 Å². The summed E-state index contributed by atoms with van der Waals surface area (Å²) in [6.07, 6.45) is 0. The van der Waals surface area contributed by atoms with Crippen LogP contribution in [0.1, 0.15) is 43.9 Å². The van der Waals surface area contributed by atoms with Gasteiger partial charge in [0.2, 0.25) is 65.0 Å². The van der Waals surface area contributed by atoms with Crippen LogP contribution in [0.3, 0.4) is 0 Å². The molecule has 0 fully saturated rings. The Bertz CT molecular complexity index is 5970. The first kappa shape index (κ1) is 107. The first-order valence-electron chi connectivity index (χ1n) is 44.1. The maximum absolute atomic E-state index is 13.2. The van der Waals surface area contributed by atoms with Crippen molar-refractivity contribution in [2.45, 2.75) is 102 Å². The van der Waals surface area contributed by atoms with E-state index in [9.17, 15) is 57.1 Å². The fourth-order valence-corrected chi connectivity index (χ4v) is 13.5. The summed E-state index contributed by atoms with van der Waals surface area (Å²) in [5, 5.41) is 26.6. The number of aromatic nitrogens is 1. The first-order valence-corrected chi connectivity index (χ1v) is 44.9. The number of carbonyl (C=O) groups excluding carboxylic acids is 11. The van der Waals surface area contributed by atoms with Crippen molar-refractivity contribution in [1.29, 1.82) is 0 Å². The molecule has 0 unspecified atom stereocenters. The van der Waals surface area contributed by atoms with Crippen molar-refractivity contribution in [2.24, 2.45) is 57.3 Å². The third-order valence-electron chi connectivity index (χ3n) is 21.1. The molecule has 0 spiro atoms. The molecule has 0 bridgehead atoms. The molecule has 0 saturated heterocycles. The second-order valence-electron chi connectivity index (χ2n) is 32.7. The van der Waals surface area contributed by atoms with Gasteiger partial charge in [0.25, 0.3) is 0 Å². The molecule has 1 aromatic heterocycles. The van der Waals surface area contributed by atoms with Crippen LogP contribution in [0.5, 0.6) is 57.6 Å². The van der Waals surface area contributed by atoms with Crippen LogP contribution in [0.4, 0.5) is 61.3 Å². The van der Waals surface area contributed by atoms with E-state index in [1.54, 1.807) is 60.7 Å². The Morgan fingerprint density at radius 3 is 1.11 bits per heavy atom. The van der Waals surface area contributed by atoms with Gasteiger partial charge in [0.05, 0.1) is 58.2 Å². The Balaban J connectivity index is 0.000000151. The molecule has 0 saturated carbocycles. The molecule has 10 atom stereocenters. The molecule has 10 amide bonds. The summed E-state index contributed by atoms with van der Waals surface area (Å²) in [5.74, 6) is 2.56. The number of nitrogens with one attached hydrogen (secondary N) is 10. The van der Waals surface area contributed by atoms with E-state index in [1.807, 2.05) is 145 Å². The molecule has 10 aromatic rings. The Kier molecular flexibility index (Phi) is 37.8. The molecular formula is C97H111BrFN21O22. The van der Waals surface area contributed by atoms with Gasteiger partial charge in [-0.2, -0.15) is 0 Å². The van der Waals surface area contributed by atoms with Crippen LogP contribution < -0.4 is 158 Å². The van der Waals surface area contributed by atoms with Crippen molar-refractivity contribution >= 4 is 138 Å². The van der Waals surface area contributed by atoms with Crippen molar-refractivity contribution in [3.8, 4) is 57.6 Å². The summed E-state index contributed by atoms with van der Waals surface area (Å²) in [5.41, 5.74) is 67.7. The molecule has 142 heavy (non-hydrogen) atoms. The zero-order chi connectivity index (χ0) is 103. The summed E-state index contributed by atoms with van der Waals surface area (Å²) in [7, 11) is 1.29. The number of halogens is 2. The Morgan fingerprint density at radius 2 is 0.620 bits per heavy atom. The lowest BCUT2D eigenvalue weighted by atomic mass is 10.2. The van der Waals surface area contributed by atoms with Gasteiger partial charge in [-0.25, -0.2) is 14.2 Å². The number of rotatable bonds is 1. The molecule has 9 aromatic carbocycles. The van der Waals surface area contributed by atoms with Gasteiger partial charge in [-0.1, -0.05) is 76.6 Å². The molecule has 10 aliphatic rings. The smallest absolute Gasteiger partial charge is 0.337 e. The average molecular weight is 2020 g/mol. The standard InChI is InChI=1S/C11H12N2O4.5C10H12N2O2.C9H9BrN2O2.C9H9FN2O2.C9H11N3O2.C9H10N2O2/c1-16-11(15)6-2-3-9-8(4-6)13-10(14)7(12)5-17-9;1-6-2-3-9-8(4-6)12-10(13)7(11)5-14-9;2*1-6-2-3-8-9(4-6)14-5-7(11)10(13)12-8;1-6-3-2-4-8-9(6)12-10(13)7(11)5-14-8;1-6-3-2-4-8-9(6)14-5-7(11)10(13)12-8;10-5-1-2-8-7(3-5)12-9(13)6(11)4-14-8;10-5-2-1-3-7-8(5)12-9(13)6(11)4-14-7;1-5-2-3-7-9(11-5)14-4-6(10)8(13)12-7;10-6-5-13-8-4-2-1-3-7(8)11-9(6)12/h2-4,7H,5,12H2,1H3,(H,13,14);5*2-4,7H,5,11H2,1H3,(H,12,13);2*1-3,6H,4,11H2,(H,12,13);2-3,6H,4,10H2,1H3,(H,12,13);1-4,6H,5,10H2,(H,11,12)/t6*7-;4*6-/m0000000000/s1. The number of methoxy groups -OCH3 is 1. The first-order chi connectivity index (χ1) is 67.8. The summed E-state index contributed by atoms with van der Waals surface area (Å²) >= 11 is 3.31. The summed E-state index contributed by atoms with van der Waals surface area (Å²) < 4.78 is 72.2. The van der Waals surface area contributed by atoms with E-state index in [0.29, 0.717) is 109 Å². The van der Waals surface area contributed by atoms with Crippen molar-refractivity contribution in [3.05, 3.63) is 231 Å². The highest BCUT2D eigenvalue weighted by Gasteiger charge is 2.31. The van der Waals surface area contributed by atoms with Gasteiger partial charge < -0.3 is 163 Å². The number of nitrogens with zero attached hydrogens (tertiary/aromatic N) is 1. The summed E-state index contributed by atoms with van der Waals surface area (Å²) in [6.45, 7) is 13.5. The monoisotopic (exact) mass is 2020 g/mol. The largest absolute Gasteiger partial charge is 0.489 e. The third kappa shape index (κ3) is 29.9. The van der Waals surface area contributed by atoms with Crippen LogP contribution in [0, 0.1) is 47.4 Å². The van der Waals surface area contributed by atoms with Crippen LogP contribution in [0.2, 0.25) is 0 Å². The molecule has 45 heteroatoms. The molecule has 0 radical (unpaired) electrons. The molecular weight excluding hydrogens is 1910 g/mol. The molecule has 0 aliphatic carbocycles. The second kappa shape index (κ2) is 50.2. The van der Waals surface area contributed by atoms with Gasteiger partial charge in [0, 0.05) is 10.2 Å². The zero-order valence-corrected chi connectivity index (χ0v) is 79.7. The Labute approximate surface area is 822 Å². The molecule has 11 heterocycles. The van der Waals surface area contributed by atoms with Gasteiger partial charge in [0.1, 0.15) is 190 Å². The van der Waals surface area contributed by atoms with Crippen LogP contribution in [0.25, 0.3) is 0 Å². The number of ether oxygens (including phenoxy) is 11. The van der Waals surface area contributed by atoms with Crippen LogP contribution in [-0.4, -0.2) is 204 Å². The topological polar surface area (TPSA) is 683 Å². The predicted molar refractivity (Wildman–Crippen MR) is 531 cm³/mol. The lowest BCUT2D eigenvalue weighted by Gasteiger charge is -2.08. The number of aryl methyl sites for hydroxylation is 6. The minimum absolute atomic E-state index is 0.0578. The maximum atomic E-state index is 13.2. The number of fused-ring (bicyclic) bond motifs is 10. The number of hydrogen-bond donors (Lipinski definition) is 20. The minimum atomic E-state index is -0.762. The second-order valence-corrected chi connectivity index (χ2v) is 33.6. The lowest BCUT2D eigenvalue weighted by molar-refractivity contribution is -0.118. The number of para-hydroxylation sites is 5. The number of carbonyl (C=O) groups is 11. The molecule has 30 N–H and O–H groups in total. The van der Waals surface area contributed by atoms with Crippen molar-refractivity contribution in [3.63, 3.8) is 0 Å². The van der Waals surface area contributed by atoms with Gasteiger partial charge in [-0.15, -0.1) is 0 Å². The molecule has 43 nitrogen and oxygen atoms in total. The van der Waals surface area contributed by atoms with Gasteiger partial charge >= 0.3 is 5.97 Å². The highest BCUT2D eigenvalue weighted by molar-refractivity contribution is 9.10. The molecule has 20 rings (SSSR count). The maximum Gasteiger partial charge on any atom is 0.337 e. The van der Waals surface area contributed by atoms with Crippen molar-refractivity contribution < 1.29 is 109 Å². The van der Waals surface area contributed by atoms with E-state index >= 15 is 0 Å². The van der Waals surface area contributed by atoms with Crippen LogP contribution in [0.15, 0.2) is 186 Å². The van der Waals surface area contributed by atoms with Crippen LogP contribution >= 0.6 is 15.9 Å². The Hall–Kier alpha value is -15.7. The number of benzene rings is 9.